The Balaban J connectivity index is 1.89. The average molecular weight is 226 g/mol. The molecule has 0 spiro atoms. The Labute approximate surface area is 95.4 Å². The maximum atomic E-state index is 5.73. The molecule has 0 unspecified atom stereocenters. The van der Waals surface area contributed by atoms with Crippen LogP contribution >= 0.6 is 11.6 Å². The van der Waals surface area contributed by atoms with Gasteiger partial charge in [-0.1, -0.05) is 11.6 Å². The minimum atomic E-state index is 0.545. The number of aromatic nitrogens is 1. The Kier molecular flexibility index (Phi) is 3.44. The fourth-order valence-corrected chi connectivity index (χ4v) is 1.96. The van der Waals surface area contributed by atoms with Gasteiger partial charge in [0, 0.05) is 6.04 Å². The van der Waals surface area contributed by atoms with E-state index in [9.17, 15) is 0 Å². The van der Waals surface area contributed by atoms with E-state index in [-0.39, 0.29) is 0 Å². The molecule has 0 saturated carbocycles. The van der Waals surface area contributed by atoms with Crippen molar-refractivity contribution in [2.75, 3.05) is 25.5 Å². The van der Waals surface area contributed by atoms with Crippen LogP contribution in [0.1, 0.15) is 12.8 Å². The van der Waals surface area contributed by atoms with Gasteiger partial charge < -0.3 is 10.2 Å². The van der Waals surface area contributed by atoms with E-state index < -0.39 is 0 Å². The van der Waals surface area contributed by atoms with Crippen LogP contribution in [-0.2, 0) is 0 Å². The van der Waals surface area contributed by atoms with E-state index >= 15 is 0 Å². The van der Waals surface area contributed by atoms with Gasteiger partial charge in [-0.05, 0) is 45.1 Å². The first-order chi connectivity index (χ1) is 7.24. The molecule has 1 aliphatic heterocycles. The van der Waals surface area contributed by atoms with Crippen molar-refractivity contribution in [3.63, 3.8) is 0 Å². The molecule has 1 N–H and O–H groups in total. The number of piperidine rings is 1. The monoisotopic (exact) mass is 225 g/mol. The Bertz CT molecular complexity index is 304. The number of rotatable bonds is 2. The number of likely N-dealkylation sites (tertiary alicyclic amines) is 1. The van der Waals surface area contributed by atoms with Crippen LogP contribution in [0.25, 0.3) is 0 Å². The van der Waals surface area contributed by atoms with E-state index in [4.69, 9.17) is 11.6 Å². The van der Waals surface area contributed by atoms with Crippen LogP contribution in [0.3, 0.4) is 0 Å². The summed E-state index contributed by atoms with van der Waals surface area (Å²) in [7, 11) is 2.17. The third-order valence-corrected chi connectivity index (χ3v) is 3.04. The molecule has 1 aromatic rings. The highest BCUT2D eigenvalue weighted by atomic mass is 35.5. The molecule has 0 bridgehead atoms. The van der Waals surface area contributed by atoms with Gasteiger partial charge in [0.15, 0.2) is 0 Å². The fourth-order valence-electron chi connectivity index (χ4n) is 1.85. The van der Waals surface area contributed by atoms with Crippen molar-refractivity contribution in [1.29, 1.82) is 0 Å². The number of hydrogen-bond acceptors (Lipinski definition) is 3. The fraction of sp³-hybridized carbons (Fsp3) is 0.545. The number of nitrogens with zero attached hydrogens (tertiary/aromatic N) is 2. The third-order valence-electron chi connectivity index (χ3n) is 2.82. The zero-order valence-corrected chi connectivity index (χ0v) is 9.67. The molecule has 1 aliphatic rings. The summed E-state index contributed by atoms with van der Waals surface area (Å²) in [4.78, 5) is 6.41. The first-order valence-electron chi connectivity index (χ1n) is 5.30. The smallest absolute Gasteiger partial charge is 0.129 e. The second-order valence-electron chi connectivity index (χ2n) is 4.09. The van der Waals surface area contributed by atoms with Gasteiger partial charge in [0.05, 0.1) is 11.9 Å². The van der Waals surface area contributed by atoms with Crippen LogP contribution in [0, 0.1) is 0 Å². The van der Waals surface area contributed by atoms with Crippen molar-refractivity contribution < 1.29 is 0 Å². The molecule has 0 radical (unpaired) electrons. The normalized spacial score (nSPS) is 19.1. The largest absolute Gasteiger partial charge is 0.381 e. The number of anilines is 1. The summed E-state index contributed by atoms with van der Waals surface area (Å²) < 4.78 is 0. The number of nitrogens with one attached hydrogen (secondary N) is 1. The number of pyridine rings is 1. The Morgan fingerprint density at radius 2 is 2.13 bits per heavy atom. The summed E-state index contributed by atoms with van der Waals surface area (Å²) in [6.07, 6.45) is 4.18. The summed E-state index contributed by atoms with van der Waals surface area (Å²) in [6, 6.07) is 4.37. The van der Waals surface area contributed by atoms with E-state index in [0.717, 1.165) is 5.69 Å². The standard InChI is InChI=1S/C11H16ClN3/c1-15-6-4-9(5-7-15)14-10-2-3-11(12)13-8-10/h2-3,8-9,14H,4-7H2,1H3. The minimum absolute atomic E-state index is 0.545. The van der Waals surface area contributed by atoms with Gasteiger partial charge in [0.1, 0.15) is 5.15 Å². The van der Waals surface area contributed by atoms with Gasteiger partial charge in [0.25, 0.3) is 0 Å². The van der Waals surface area contributed by atoms with Crippen LogP contribution in [0.5, 0.6) is 0 Å². The van der Waals surface area contributed by atoms with E-state index in [1.807, 2.05) is 12.1 Å². The molecule has 1 saturated heterocycles. The van der Waals surface area contributed by atoms with Crippen molar-refractivity contribution >= 4 is 17.3 Å². The molecule has 3 nitrogen and oxygen atoms in total. The van der Waals surface area contributed by atoms with E-state index in [1.54, 1.807) is 6.20 Å². The molecule has 4 heteroatoms. The van der Waals surface area contributed by atoms with Crippen molar-refractivity contribution in [3.05, 3.63) is 23.5 Å². The molecule has 0 amide bonds. The molecular formula is C11H16ClN3. The lowest BCUT2D eigenvalue weighted by Crippen LogP contribution is -2.36. The zero-order chi connectivity index (χ0) is 10.7. The van der Waals surface area contributed by atoms with Crippen LogP contribution in [0.2, 0.25) is 5.15 Å². The van der Waals surface area contributed by atoms with Crippen molar-refractivity contribution in [2.24, 2.45) is 0 Å². The van der Waals surface area contributed by atoms with Crippen LogP contribution < -0.4 is 5.32 Å². The van der Waals surface area contributed by atoms with E-state index in [0.29, 0.717) is 11.2 Å². The van der Waals surface area contributed by atoms with Gasteiger partial charge in [-0.3, -0.25) is 0 Å². The maximum absolute atomic E-state index is 5.73. The van der Waals surface area contributed by atoms with Gasteiger partial charge in [-0.25, -0.2) is 4.98 Å². The Hall–Kier alpha value is -0.800. The highest BCUT2D eigenvalue weighted by Gasteiger charge is 2.15. The lowest BCUT2D eigenvalue weighted by molar-refractivity contribution is 0.264. The van der Waals surface area contributed by atoms with Crippen molar-refractivity contribution in [2.45, 2.75) is 18.9 Å². The topological polar surface area (TPSA) is 28.2 Å². The Morgan fingerprint density at radius 3 is 2.73 bits per heavy atom. The predicted molar refractivity (Wildman–Crippen MR) is 63.4 cm³/mol. The number of halogens is 1. The van der Waals surface area contributed by atoms with Gasteiger partial charge in [-0.15, -0.1) is 0 Å². The molecule has 0 atom stereocenters. The summed E-state index contributed by atoms with van der Waals surface area (Å²) in [5, 5.41) is 4.03. The molecule has 0 aliphatic carbocycles. The molecule has 1 fully saturated rings. The van der Waals surface area contributed by atoms with Gasteiger partial charge >= 0.3 is 0 Å². The van der Waals surface area contributed by atoms with Crippen LogP contribution in [0.15, 0.2) is 18.3 Å². The first kappa shape index (κ1) is 10.7. The SMILES string of the molecule is CN1CCC(Nc2ccc(Cl)nc2)CC1. The highest BCUT2D eigenvalue weighted by Crippen LogP contribution is 2.16. The van der Waals surface area contributed by atoms with Gasteiger partial charge in [0.2, 0.25) is 0 Å². The van der Waals surface area contributed by atoms with Crippen molar-refractivity contribution in [1.82, 2.24) is 9.88 Å². The predicted octanol–water partition coefficient (Wildman–Crippen LogP) is 2.24. The Morgan fingerprint density at radius 1 is 1.40 bits per heavy atom. The molecule has 1 aromatic heterocycles. The molecular weight excluding hydrogens is 210 g/mol. The number of hydrogen-bond donors (Lipinski definition) is 1. The lowest BCUT2D eigenvalue weighted by Gasteiger charge is -2.30. The minimum Gasteiger partial charge on any atom is -0.381 e. The van der Waals surface area contributed by atoms with Crippen LogP contribution in [0.4, 0.5) is 5.69 Å². The summed E-state index contributed by atoms with van der Waals surface area (Å²) >= 11 is 5.73. The highest BCUT2D eigenvalue weighted by molar-refractivity contribution is 6.29. The molecule has 82 valence electrons. The average Bonchev–Trinajstić information content (AvgIpc) is 2.25. The quantitative estimate of drug-likeness (QED) is 0.783. The van der Waals surface area contributed by atoms with Gasteiger partial charge in [-0.2, -0.15) is 0 Å². The second kappa shape index (κ2) is 4.81. The molecule has 2 rings (SSSR count). The molecule has 2 heterocycles. The van der Waals surface area contributed by atoms with E-state index in [2.05, 4.69) is 22.2 Å². The summed E-state index contributed by atoms with van der Waals surface area (Å²) in [5.74, 6) is 0. The molecule has 15 heavy (non-hydrogen) atoms. The second-order valence-corrected chi connectivity index (χ2v) is 4.48. The lowest BCUT2D eigenvalue weighted by atomic mass is 10.1. The zero-order valence-electron chi connectivity index (χ0n) is 8.91. The first-order valence-corrected chi connectivity index (χ1v) is 5.68. The summed E-state index contributed by atoms with van der Waals surface area (Å²) in [6.45, 7) is 2.33. The van der Waals surface area contributed by atoms with Crippen LogP contribution in [-0.4, -0.2) is 36.1 Å². The maximum Gasteiger partial charge on any atom is 0.129 e. The summed E-state index contributed by atoms with van der Waals surface area (Å²) in [5.41, 5.74) is 1.06. The third kappa shape index (κ3) is 3.08. The van der Waals surface area contributed by atoms with E-state index in [1.165, 1.54) is 25.9 Å². The molecule has 0 aromatic carbocycles. The van der Waals surface area contributed by atoms with Crippen molar-refractivity contribution in [3.8, 4) is 0 Å².